The van der Waals surface area contributed by atoms with Crippen molar-refractivity contribution in [3.05, 3.63) is 94.8 Å². The van der Waals surface area contributed by atoms with Gasteiger partial charge in [0, 0.05) is 69.5 Å². The van der Waals surface area contributed by atoms with Gasteiger partial charge < -0.3 is 9.80 Å². The molecule has 7 heteroatoms. The second-order valence-corrected chi connectivity index (χ2v) is 10.6. The van der Waals surface area contributed by atoms with Gasteiger partial charge in [0.15, 0.2) is 0 Å². The molecule has 206 valence electrons. The molecule has 0 unspecified atom stereocenters. The fourth-order valence-electron chi connectivity index (χ4n) is 5.13. The number of nitrogens with zero attached hydrogens (tertiary/aromatic N) is 4. The average Bonchev–Trinajstić information content (AvgIpc) is 2.98. The van der Waals surface area contributed by atoms with Crippen molar-refractivity contribution in [2.75, 3.05) is 31.1 Å². The topological polar surface area (TPSA) is 56.8 Å². The minimum atomic E-state index is 0.102. The fourth-order valence-corrected chi connectivity index (χ4v) is 5.29. The van der Waals surface area contributed by atoms with E-state index >= 15 is 0 Å². The Kier molecular flexibility index (Phi) is 10.9. The third-order valence-electron chi connectivity index (χ3n) is 7.21. The molecule has 1 aliphatic rings. The quantitative estimate of drug-likeness (QED) is 0.341. The van der Waals surface area contributed by atoms with Gasteiger partial charge in [-0.1, -0.05) is 54.9 Å². The minimum absolute atomic E-state index is 0.102. The number of rotatable bonds is 8. The van der Waals surface area contributed by atoms with Crippen LogP contribution in [0.25, 0.3) is 0 Å². The normalized spacial score (nSPS) is 14.9. The minimum Gasteiger partial charge on any atom is -0.337 e. The van der Waals surface area contributed by atoms with Gasteiger partial charge in [0.25, 0.3) is 0 Å². The lowest BCUT2D eigenvalue weighted by atomic mass is 10.1. The molecule has 1 aromatic heterocycles. The lowest BCUT2D eigenvalue weighted by Gasteiger charge is -2.28. The van der Waals surface area contributed by atoms with E-state index in [0.717, 1.165) is 56.6 Å². The number of halogens is 1. The summed E-state index contributed by atoms with van der Waals surface area (Å²) in [5.41, 5.74) is 4.22. The molecule has 0 spiro atoms. The highest BCUT2D eigenvalue weighted by Crippen LogP contribution is 2.28. The van der Waals surface area contributed by atoms with Crippen molar-refractivity contribution in [3.8, 4) is 0 Å². The summed E-state index contributed by atoms with van der Waals surface area (Å²) in [5.74, 6) is 0.236. The molecule has 0 saturated carbocycles. The summed E-state index contributed by atoms with van der Waals surface area (Å²) >= 11 is 6.43. The number of anilines is 1. The summed E-state index contributed by atoms with van der Waals surface area (Å²) in [7, 11) is 0. The lowest BCUT2D eigenvalue weighted by Crippen LogP contribution is -2.38. The Morgan fingerprint density at radius 3 is 2.44 bits per heavy atom. The van der Waals surface area contributed by atoms with Crippen LogP contribution in [0.1, 0.15) is 55.7 Å². The van der Waals surface area contributed by atoms with Crippen molar-refractivity contribution in [3.63, 3.8) is 0 Å². The van der Waals surface area contributed by atoms with Crippen LogP contribution in [0.2, 0.25) is 5.02 Å². The van der Waals surface area contributed by atoms with Gasteiger partial charge in [-0.15, -0.1) is 0 Å². The van der Waals surface area contributed by atoms with Crippen molar-refractivity contribution in [1.82, 2.24) is 14.8 Å². The predicted octanol–water partition coefficient (Wildman–Crippen LogP) is 6.13. The average molecular weight is 547 g/mol. The third kappa shape index (κ3) is 8.64. The Morgan fingerprint density at radius 1 is 0.872 bits per heavy atom. The Bertz CT molecular complexity index is 1210. The summed E-state index contributed by atoms with van der Waals surface area (Å²) < 4.78 is 0. The highest BCUT2D eigenvalue weighted by atomic mass is 35.5. The van der Waals surface area contributed by atoms with Gasteiger partial charge in [-0.05, 0) is 66.6 Å². The van der Waals surface area contributed by atoms with Gasteiger partial charge in [0.2, 0.25) is 11.8 Å². The van der Waals surface area contributed by atoms with Crippen LogP contribution in [0.5, 0.6) is 0 Å². The molecule has 0 saturated heterocycles. The summed E-state index contributed by atoms with van der Waals surface area (Å²) in [4.78, 5) is 37.2. The van der Waals surface area contributed by atoms with Crippen LogP contribution in [-0.2, 0) is 29.1 Å². The summed E-state index contributed by atoms with van der Waals surface area (Å²) in [5, 5.41) is 0.596. The molecule has 0 N–H and O–H groups in total. The van der Waals surface area contributed by atoms with E-state index < -0.39 is 0 Å². The number of carbonyl (C=O) groups excluding carboxylic acids is 2. The van der Waals surface area contributed by atoms with Gasteiger partial charge in [0.1, 0.15) is 0 Å². The van der Waals surface area contributed by atoms with E-state index in [9.17, 15) is 9.59 Å². The number of aromatic nitrogens is 1. The van der Waals surface area contributed by atoms with Crippen molar-refractivity contribution < 1.29 is 9.59 Å². The highest BCUT2D eigenvalue weighted by Gasteiger charge is 2.24. The Morgan fingerprint density at radius 2 is 1.67 bits per heavy atom. The first-order valence-electron chi connectivity index (χ1n) is 14.0. The van der Waals surface area contributed by atoms with Crippen LogP contribution in [0.15, 0.2) is 73.1 Å². The zero-order valence-electron chi connectivity index (χ0n) is 22.9. The molecule has 39 heavy (non-hydrogen) atoms. The van der Waals surface area contributed by atoms with Crippen LogP contribution in [-0.4, -0.2) is 52.8 Å². The maximum atomic E-state index is 13.6. The lowest BCUT2D eigenvalue weighted by molar-refractivity contribution is -0.132. The smallest absolute Gasteiger partial charge is 0.226 e. The SMILES string of the molecule is CCCC(=O)N1CCCN(Cc2ccccc2)CCN(C(=O)CCCc2ccncc2)Cc2ccc(Cl)cc21. The largest absolute Gasteiger partial charge is 0.337 e. The highest BCUT2D eigenvalue weighted by molar-refractivity contribution is 6.31. The van der Waals surface area contributed by atoms with Gasteiger partial charge in [-0.2, -0.15) is 0 Å². The molecule has 3 aromatic rings. The number of fused-ring (bicyclic) bond motifs is 1. The molecule has 2 amide bonds. The van der Waals surface area contributed by atoms with Crippen LogP contribution < -0.4 is 4.90 Å². The first-order chi connectivity index (χ1) is 19.0. The Labute approximate surface area is 237 Å². The van der Waals surface area contributed by atoms with Gasteiger partial charge in [-0.3, -0.25) is 19.5 Å². The van der Waals surface area contributed by atoms with E-state index in [0.29, 0.717) is 37.5 Å². The standard InChI is InChI=1S/C32H39ClN4O2/c1-2-8-32(39)37-20-7-19-35(24-27-9-4-3-5-10-27)21-22-36(25-28-13-14-29(33)23-30(28)37)31(38)12-6-11-26-15-17-34-18-16-26/h3-5,9-10,13-18,23H,2,6-8,11-12,19-22,24-25H2,1H3. The molecule has 0 atom stereocenters. The fraction of sp³-hybridized carbons (Fsp3) is 0.406. The van der Waals surface area contributed by atoms with Crippen LogP contribution >= 0.6 is 11.6 Å². The summed E-state index contributed by atoms with van der Waals surface area (Å²) in [6.45, 7) is 6.16. The molecule has 1 aliphatic heterocycles. The van der Waals surface area contributed by atoms with E-state index in [1.165, 1.54) is 11.1 Å². The number of carbonyl (C=O) groups is 2. The van der Waals surface area contributed by atoms with E-state index in [2.05, 4.69) is 34.1 Å². The van der Waals surface area contributed by atoms with Crippen molar-refractivity contribution in [1.29, 1.82) is 0 Å². The number of aryl methyl sites for hydroxylation is 1. The molecule has 4 rings (SSSR count). The molecule has 0 radical (unpaired) electrons. The van der Waals surface area contributed by atoms with Crippen molar-refractivity contribution in [2.24, 2.45) is 0 Å². The van der Waals surface area contributed by atoms with Gasteiger partial charge >= 0.3 is 0 Å². The number of hydrogen-bond donors (Lipinski definition) is 0. The Balaban J connectivity index is 1.57. The predicted molar refractivity (Wildman–Crippen MR) is 158 cm³/mol. The summed E-state index contributed by atoms with van der Waals surface area (Å²) in [6.07, 6.45) is 7.79. The van der Waals surface area contributed by atoms with Crippen LogP contribution in [0.3, 0.4) is 0 Å². The second kappa shape index (κ2) is 14.8. The first-order valence-corrected chi connectivity index (χ1v) is 14.4. The number of benzene rings is 2. The van der Waals surface area contributed by atoms with Crippen molar-refractivity contribution in [2.45, 2.75) is 58.5 Å². The monoisotopic (exact) mass is 546 g/mol. The number of pyridine rings is 1. The molecule has 2 heterocycles. The zero-order valence-corrected chi connectivity index (χ0v) is 23.7. The first kappa shape index (κ1) is 28.8. The molecule has 0 fully saturated rings. The molecular weight excluding hydrogens is 508 g/mol. The molecule has 2 aromatic carbocycles. The molecular formula is C32H39ClN4O2. The third-order valence-corrected chi connectivity index (χ3v) is 7.45. The van der Waals surface area contributed by atoms with E-state index in [-0.39, 0.29) is 11.8 Å². The second-order valence-electron chi connectivity index (χ2n) is 10.2. The van der Waals surface area contributed by atoms with Crippen LogP contribution in [0, 0.1) is 0 Å². The molecule has 6 nitrogen and oxygen atoms in total. The Hall–Kier alpha value is -3.22. The maximum Gasteiger partial charge on any atom is 0.226 e. The molecule has 0 bridgehead atoms. The van der Waals surface area contributed by atoms with Gasteiger partial charge in [-0.25, -0.2) is 0 Å². The van der Waals surface area contributed by atoms with E-state index in [1.807, 2.05) is 53.1 Å². The van der Waals surface area contributed by atoms with E-state index in [1.54, 1.807) is 12.4 Å². The van der Waals surface area contributed by atoms with Crippen molar-refractivity contribution >= 4 is 29.1 Å². The maximum absolute atomic E-state index is 13.6. The van der Waals surface area contributed by atoms with E-state index in [4.69, 9.17) is 11.6 Å². The number of amides is 2. The molecule has 0 aliphatic carbocycles. The number of hydrogen-bond acceptors (Lipinski definition) is 4. The zero-order chi connectivity index (χ0) is 27.5. The van der Waals surface area contributed by atoms with Crippen LogP contribution in [0.4, 0.5) is 5.69 Å². The van der Waals surface area contributed by atoms with Gasteiger partial charge in [0.05, 0.1) is 5.69 Å². The summed E-state index contributed by atoms with van der Waals surface area (Å²) in [6, 6.07) is 20.2.